The van der Waals surface area contributed by atoms with Crippen LogP contribution in [0.3, 0.4) is 0 Å². The van der Waals surface area contributed by atoms with E-state index in [1.165, 1.54) is 7.11 Å². The summed E-state index contributed by atoms with van der Waals surface area (Å²) in [6.07, 6.45) is -0.592. The summed E-state index contributed by atoms with van der Waals surface area (Å²) < 4.78 is 16.2. The monoisotopic (exact) mass is 495 g/mol. The van der Waals surface area contributed by atoms with Crippen LogP contribution in [0, 0.1) is 0 Å². The summed E-state index contributed by atoms with van der Waals surface area (Å²) in [6.45, 7) is 1.33. The van der Waals surface area contributed by atoms with Gasteiger partial charge in [0.15, 0.2) is 12.7 Å². The lowest BCUT2D eigenvalue weighted by Crippen LogP contribution is -2.34. The molecule has 9 nitrogen and oxygen atoms in total. The number of nitrogens with one attached hydrogen (secondary N) is 3. The Balaban J connectivity index is 1.40. The molecule has 0 spiro atoms. The van der Waals surface area contributed by atoms with Crippen molar-refractivity contribution in [2.75, 3.05) is 29.7 Å². The van der Waals surface area contributed by atoms with Gasteiger partial charge in [0.25, 0.3) is 17.7 Å². The fourth-order valence-electron chi connectivity index (χ4n) is 3.35. The van der Waals surface area contributed by atoms with E-state index in [0.29, 0.717) is 33.6 Å². The van der Waals surface area contributed by atoms with E-state index in [4.69, 9.17) is 25.8 Å². The van der Waals surface area contributed by atoms with Gasteiger partial charge < -0.3 is 30.2 Å². The molecule has 0 aliphatic carbocycles. The number of rotatable bonds is 7. The molecule has 1 atom stereocenters. The normalized spacial score (nSPS) is 14.1. The van der Waals surface area contributed by atoms with Crippen LogP contribution in [0.5, 0.6) is 17.2 Å². The number of ether oxygens (including phenoxy) is 3. The summed E-state index contributed by atoms with van der Waals surface area (Å²) in [7, 11) is 1.50. The maximum Gasteiger partial charge on any atom is 0.265 e. The molecule has 1 heterocycles. The van der Waals surface area contributed by atoms with Crippen LogP contribution < -0.4 is 30.2 Å². The second-order valence-corrected chi connectivity index (χ2v) is 8.00. The molecule has 0 bridgehead atoms. The second kappa shape index (κ2) is 10.4. The van der Waals surface area contributed by atoms with Crippen LogP contribution in [0.25, 0.3) is 0 Å². The Morgan fingerprint density at radius 3 is 2.54 bits per heavy atom. The number of hydrogen-bond acceptors (Lipinski definition) is 6. The SMILES string of the molecule is COc1ccc(NC(=O)COc2ccccc2C(=O)Nc2ccc3c(c2)NC(=O)[C@H](C)O3)cc1Cl. The van der Waals surface area contributed by atoms with Crippen LogP contribution in [0.2, 0.25) is 5.02 Å². The van der Waals surface area contributed by atoms with Crippen molar-refractivity contribution in [3.8, 4) is 17.2 Å². The Kier molecular flexibility index (Phi) is 7.07. The lowest BCUT2D eigenvalue weighted by Gasteiger charge is -2.23. The van der Waals surface area contributed by atoms with Crippen LogP contribution in [0.1, 0.15) is 17.3 Å². The Bertz CT molecular complexity index is 1300. The molecule has 0 saturated heterocycles. The zero-order chi connectivity index (χ0) is 24.9. The van der Waals surface area contributed by atoms with E-state index < -0.39 is 17.9 Å². The largest absolute Gasteiger partial charge is 0.495 e. The molecule has 0 aromatic heterocycles. The van der Waals surface area contributed by atoms with E-state index in [0.717, 1.165) is 0 Å². The Hall–Kier alpha value is -4.24. The molecular weight excluding hydrogens is 474 g/mol. The number of halogens is 1. The molecule has 3 N–H and O–H groups in total. The van der Waals surface area contributed by atoms with Gasteiger partial charge >= 0.3 is 0 Å². The van der Waals surface area contributed by atoms with Crippen molar-refractivity contribution in [3.63, 3.8) is 0 Å². The lowest BCUT2D eigenvalue weighted by molar-refractivity contribution is -0.122. The number of fused-ring (bicyclic) bond motifs is 1. The molecule has 35 heavy (non-hydrogen) atoms. The first-order valence-electron chi connectivity index (χ1n) is 10.6. The highest BCUT2D eigenvalue weighted by atomic mass is 35.5. The smallest absolute Gasteiger partial charge is 0.265 e. The van der Waals surface area contributed by atoms with E-state index in [1.807, 2.05) is 0 Å². The highest BCUT2D eigenvalue weighted by molar-refractivity contribution is 6.32. The Labute approximate surface area is 206 Å². The minimum Gasteiger partial charge on any atom is -0.495 e. The topological polar surface area (TPSA) is 115 Å². The Morgan fingerprint density at radius 2 is 1.77 bits per heavy atom. The summed E-state index contributed by atoms with van der Waals surface area (Å²) in [5, 5.41) is 8.54. The molecule has 4 rings (SSSR count). The third-order valence-corrected chi connectivity index (χ3v) is 5.39. The van der Waals surface area contributed by atoms with Crippen molar-refractivity contribution in [1.29, 1.82) is 0 Å². The molecule has 3 aromatic carbocycles. The number of para-hydroxylation sites is 1. The number of hydrogen-bond donors (Lipinski definition) is 3. The maximum atomic E-state index is 12.9. The zero-order valence-corrected chi connectivity index (χ0v) is 19.6. The predicted molar refractivity (Wildman–Crippen MR) is 132 cm³/mol. The average Bonchev–Trinajstić information content (AvgIpc) is 2.84. The molecule has 1 aliphatic rings. The van der Waals surface area contributed by atoms with Crippen molar-refractivity contribution in [2.24, 2.45) is 0 Å². The van der Waals surface area contributed by atoms with Crippen LogP contribution >= 0.6 is 11.6 Å². The van der Waals surface area contributed by atoms with Gasteiger partial charge in [-0.3, -0.25) is 14.4 Å². The van der Waals surface area contributed by atoms with Gasteiger partial charge in [-0.2, -0.15) is 0 Å². The van der Waals surface area contributed by atoms with Crippen molar-refractivity contribution in [3.05, 3.63) is 71.2 Å². The molecule has 0 fully saturated rings. The zero-order valence-electron chi connectivity index (χ0n) is 18.9. The number of amides is 3. The quantitative estimate of drug-likeness (QED) is 0.449. The van der Waals surface area contributed by atoms with Gasteiger partial charge in [0.05, 0.1) is 23.4 Å². The van der Waals surface area contributed by atoms with Gasteiger partial charge in [-0.05, 0) is 55.5 Å². The van der Waals surface area contributed by atoms with Gasteiger partial charge in [-0.1, -0.05) is 23.7 Å². The minimum atomic E-state index is -0.592. The van der Waals surface area contributed by atoms with Crippen molar-refractivity contribution in [1.82, 2.24) is 0 Å². The minimum absolute atomic E-state index is 0.233. The first-order valence-corrected chi connectivity index (χ1v) is 11.0. The fourth-order valence-corrected chi connectivity index (χ4v) is 3.61. The summed E-state index contributed by atoms with van der Waals surface area (Å²) in [4.78, 5) is 37.1. The molecule has 180 valence electrons. The molecule has 1 aliphatic heterocycles. The van der Waals surface area contributed by atoms with Crippen LogP contribution in [-0.4, -0.2) is 37.5 Å². The van der Waals surface area contributed by atoms with Gasteiger partial charge in [0.1, 0.15) is 17.2 Å². The number of methoxy groups -OCH3 is 1. The third kappa shape index (κ3) is 5.64. The number of carbonyl (C=O) groups is 3. The van der Waals surface area contributed by atoms with E-state index in [2.05, 4.69) is 16.0 Å². The lowest BCUT2D eigenvalue weighted by atomic mass is 10.1. The van der Waals surface area contributed by atoms with E-state index in [1.54, 1.807) is 67.6 Å². The molecule has 10 heteroatoms. The van der Waals surface area contributed by atoms with Crippen LogP contribution in [-0.2, 0) is 9.59 Å². The van der Waals surface area contributed by atoms with E-state index >= 15 is 0 Å². The molecule has 0 saturated carbocycles. The highest BCUT2D eigenvalue weighted by Crippen LogP contribution is 2.32. The van der Waals surface area contributed by atoms with Gasteiger partial charge in [-0.15, -0.1) is 0 Å². The summed E-state index contributed by atoms with van der Waals surface area (Å²) in [5.74, 6) is 0.0962. The molecule has 0 unspecified atom stereocenters. The van der Waals surface area contributed by atoms with Gasteiger partial charge in [0.2, 0.25) is 0 Å². The highest BCUT2D eigenvalue weighted by Gasteiger charge is 2.24. The molecule has 3 aromatic rings. The standard InChI is InChI=1S/C25H22ClN3O6/c1-14-24(31)29-19-12-16(8-10-22(19)35-14)28-25(32)17-5-3-4-6-20(17)34-13-23(30)27-15-7-9-21(33-2)18(26)11-15/h3-12,14H,13H2,1-2H3,(H,27,30)(H,28,32)(H,29,31)/t14-/m0/s1. The van der Waals surface area contributed by atoms with Crippen LogP contribution in [0.15, 0.2) is 60.7 Å². The summed E-state index contributed by atoms with van der Waals surface area (Å²) in [5.41, 5.74) is 1.63. The predicted octanol–water partition coefficient (Wildman–Crippen LogP) is 4.34. The third-order valence-electron chi connectivity index (χ3n) is 5.09. The van der Waals surface area contributed by atoms with Gasteiger partial charge in [0, 0.05) is 11.4 Å². The van der Waals surface area contributed by atoms with E-state index in [-0.39, 0.29) is 23.8 Å². The first-order chi connectivity index (χ1) is 16.8. The van der Waals surface area contributed by atoms with Crippen molar-refractivity contribution in [2.45, 2.75) is 13.0 Å². The van der Waals surface area contributed by atoms with Crippen LogP contribution in [0.4, 0.5) is 17.1 Å². The average molecular weight is 496 g/mol. The molecule has 0 radical (unpaired) electrons. The van der Waals surface area contributed by atoms with Crippen molar-refractivity contribution >= 4 is 46.4 Å². The number of benzene rings is 3. The fraction of sp³-hybridized carbons (Fsp3) is 0.160. The number of carbonyl (C=O) groups excluding carboxylic acids is 3. The van der Waals surface area contributed by atoms with Gasteiger partial charge in [-0.25, -0.2) is 0 Å². The molecular formula is C25H22ClN3O6. The Morgan fingerprint density at radius 1 is 1.03 bits per heavy atom. The first kappa shape index (κ1) is 23.9. The van der Waals surface area contributed by atoms with Crippen molar-refractivity contribution < 1.29 is 28.6 Å². The number of anilines is 3. The summed E-state index contributed by atoms with van der Waals surface area (Å²) >= 11 is 6.08. The molecule has 3 amide bonds. The second-order valence-electron chi connectivity index (χ2n) is 7.60. The maximum absolute atomic E-state index is 12.9. The summed E-state index contributed by atoms with van der Waals surface area (Å²) in [6, 6.07) is 16.3. The van der Waals surface area contributed by atoms with E-state index in [9.17, 15) is 14.4 Å².